The fraction of sp³-hybridized carbons (Fsp3) is 0.316. The number of phenolic OH excluding ortho intramolecular Hbond substituents is 1. The molecule has 22 heavy (non-hydrogen) atoms. The predicted molar refractivity (Wildman–Crippen MR) is 87.6 cm³/mol. The maximum atomic E-state index is 10.8. The maximum Gasteiger partial charge on any atom is 0.150 e. The molecule has 2 aromatic rings. The van der Waals surface area contributed by atoms with Gasteiger partial charge in [0, 0.05) is 11.6 Å². The summed E-state index contributed by atoms with van der Waals surface area (Å²) in [7, 11) is 0. The zero-order chi connectivity index (χ0) is 15.9. The van der Waals surface area contributed by atoms with Crippen LogP contribution in [-0.4, -0.2) is 11.4 Å². The molecule has 3 nitrogen and oxygen atoms in total. The van der Waals surface area contributed by atoms with Crippen molar-refractivity contribution in [3.05, 3.63) is 59.2 Å². The number of carbonyl (C=O) groups excluding carboxylic acids is 1. The number of hydrogen-bond acceptors (Lipinski definition) is 3. The normalized spacial score (nSPS) is 11.9. The minimum Gasteiger partial charge on any atom is -0.508 e. The Morgan fingerprint density at radius 1 is 1.18 bits per heavy atom. The third-order valence-electron chi connectivity index (χ3n) is 3.73. The summed E-state index contributed by atoms with van der Waals surface area (Å²) in [4.78, 5) is 10.8. The molecule has 0 saturated carbocycles. The van der Waals surface area contributed by atoms with E-state index in [0.717, 1.165) is 5.56 Å². The molecule has 0 aliphatic heterocycles. The van der Waals surface area contributed by atoms with Crippen LogP contribution in [0.1, 0.15) is 54.1 Å². The largest absolute Gasteiger partial charge is 0.508 e. The van der Waals surface area contributed by atoms with Crippen LogP contribution in [0.15, 0.2) is 42.5 Å². The van der Waals surface area contributed by atoms with E-state index >= 15 is 0 Å². The summed E-state index contributed by atoms with van der Waals surface area (Å²) in [5.41, 5.74) is 2.80. The van der Waals surface area contributed by atoms with E-state index in [0.29, 0.717) is 30.1 Å². The molecule has 1 unspecified atom stereocenters. The Morgan fingerprint density at radius 3 is 2.55 bits per heavy atom. The summed E-state index contributed by atoms with van der Waals surface area (Å²) >= 11 is 0. The molecule has 0 radical (unpaired) electrons. The van der Waals surface area contributed by atoms with Gasteiger partial charge in [0.05, 0.1) is 0 Å². The minimum absolute atomic E-state index is 0.0309. The Kier molecular flexibility index (Phi) is 5.59. The Hall–Kier alpha value is -2.29. The first kappa shape index (κ1) is 16.1. The monoisotopic (exact) mass is 298 g/mol. The number of aldehydes is 1. The molecule has 2 rings (SSSR count). The molecule has 0 fully saturated rings. The van der Waals surface area contributed by atoms with Crippen LogP contribution in [0.4, 0.5) is 0 Å². The van der Waals surface area contributed by atoms with Gasteiger partial charge in [0.25, 0.3) is 0 Å². The van der Waals surface area contributed by atoms with Gasteiger partial charge in [-0.15, -0.1) is 0 Å². The zero-order valence-corrected chi connectivity index (χ0v) is 13.1. The molecule has 116 valence electrons. The molecular formula is C19H22O3. The van der Waals surface area contributed by atoms with Crippen LogP contribution in [0.5, 0.6) is 11.5 Å². The van der Waals surface area contributed by atoms with Gasteiger partial charge >= 0.3 is 0 Å². The average molecular weight is 298 g/mol. The van der Waals surface area contributed by atoms with Gasteiger partial charge in [0.2, 0.25) is 0 Å². The minimum atomic E-state index is 0.0309. The quantitative estimate of drug-likeness (QED) is 0.754. The van der Waals surface area contributed by atoms with Crippen LogP contribution in [0.25, 0.3) is 0 Å². The first-order valence-electron chi connectivity index (χ1n) is 7.63. The SMILES string of the molecule is CCCC(C)c1ccc(COc2cc(O)cc(C=O)c2)cc1. The number of rotatable bonds is 7. The van der Waals surface area contributed by atoms with Gasteiger partial charge in [0.1, 0.15) is 24.4 Å². The first-order chi connectivity index (χ1) is 10.6. The summed E-state index contributed by atoms with van der Waals surface area (Å²) in [6, 6.07) is 12.9. The van der Waals surface area contributed by atoms with Gasteiger partial charge < -0.3 is 9.84 Å². The third-order valence-corrected chi connectivity index (χ3v) is 3.73. The number of hydrogen-bond donors (Lipinski definition) is 1. The molecule has 0 saturated heterocycles. The topological polar surface area (TPSA) is 46.5 Å². The number of phenols is 1. The van der Waals surface area contributed by atoms with Crippen molar-refractivity contribution in [2.24, 2.45) is 0 Å². The molecule has 0 amide bonds. The van der Waals surface area contributed by atoms with E-state index in [-0.39, 0.29) is 5.75 Å². The molecular weight excluding hydrogens is 276 g/mol. The van der Waals surface area contributed by atoms with Crippen molar-refractivity contribution in [3.8, 4) is 11.5 Å². The summed E-state index contributed by atoms with van der Waals surface area (Å²) in [6.07, 6.45) is 3.06. The molecule has 3 heteroatoms. The fourth-order valence-electron chi connectivity index (χ4n) is 2.47. The Labute approximate surface area is 131 Å². The van der Waals surface area contributed by atoms with Crippen LogP contribution in [-0.2, 0) is 6.61 Å². The van der Waals surface area contributed by atoms with E-state index in [9.17, 15) is 9.90 Å². The van der Waals surface area contributed by atoms with Crippen LogP contribution in [0.3, 0.4) is 0 Å². The third kappa shape index (κ3) is 4.35. The molecule has 0 aromatic heterocycles. The van der Waals surface area contributed by atoms with Gasteiger partial charge in [-0.05, 0) is 35.6 Å². The van der Waals surface area contributed by atoms with Crippen molar-refractivity contribution >= 4 is 6.29 Å². The molecule has 0 aliphatic rings. The summed E-state index contributed by atoms with van der Waals surface area (Å²) in [5, 5.41) is 9.53. The Morgan fingerprint density at radius 2 is 1.91 bits per heavy atom. The molecule has 0 bridgehead atoms. The smallest absolute Gasteiger partial charge is 0.150 e. The highest BCUT2D eigenvalue weighted by atomic mass is 16.5. The second-order valence-corrected chi connectivity index (χ2v) is 5.60. The highest BCUT2D eigenvalue weighted by molar-refractivity contribution is 5.76. The van der Waals surface area contributed by atoms with Crippen molar-refractivity contribution in [2.45, 2.75) is 39.2 Å². The second-order valence-electron chi connectivity index (χ2n) is 5.60. The molecule has 2 aromatic carbocycles. The number of carbonyl (C=O) groups is 1. The van der Waals surface area contributed by atoms with Crippen molar-refractivity contribution in [1.82, 2.24) is 0 Å². The lowest BCUT2D eigenvalue weighted by Crippen LogP contribution is -1.98. The van der Waals surface area contributed by atoms with E-state index < -0.39 is 0 Å². The van der Waals surface area contributed by atoms with Gasteiger partial charge in [-0.1, -0.05) is 44.5 Å². The Bertz CT molecular complexity index is 617. The zero-order valence-electron chi connectivity index (χ0n) is 13.1. The summed E-state index contributed by atoms with van der Waals surface area (Å²) < 4.78 is 5.64. The average Bonchev–Trinajstić information content (AvgIpc) is 2.53. The van der Waals surface area contributed by atoms with Crippen molar-refractivity contribution in [1.29, 1.82) is 0 Å². The van der Waals surface area contributed by atoms with Crippen LogP contribution in [0, 0.1) is 0 Å². The molecule has 0 spiro atoms. The summed E-state index contributed by atoms with van der Waals surface area (Å²) in [5.74, 6) is 1.09. The highest BCUT2D eigenvalue weighted by Gasteiger charge is 2.05. The van der Waals surface area contributed by atoms with Crippen molar-refractivity contribution in [2.75, 3.05) is 0 Å². The van der Waals surface area contributed by atoms with Gasteiger partial charge in [-0.3, -0.25) is 4.79 Å². The molecule has 1 N–H and O–H groups in total. The lowest BCUT2D eigenvalue weighted by Gasteiger charge is -2.12. The lowest BCUT2D eigenvalue weighted by molar-refractivity contribution is 0.112. The molecule has 0 heterocycles. The second kappa shape index (κ2) is 7.64. The van der Waals surface area contributed by atoms with Gasteiger partial charge in [-0.2, -0.15) is 0 Å². The maximum absolute atomic E-state index is 10.8. The highest BCUT2D eigenvalue weighted by Crippen LogP contribution is 2.23. The Balaban J connectivity index is 2.00. The lowest BCUT2D eigenvalue weighted by atomic mass is 9.96. The first-order valence-corrected chi connectivity index (χ1v) is 7.63. The van der Waals surface area contributed by atoms with E-state index in [4.69, 9.17) is 4.74 Å². The van der Waals surface area contributed by atoms with Crippen molar-refractivity contribution in [3.63, 3.8) is 0 Å². The fourth-order valence-corrected chi connectivity index (χ4v) is 2.47. The molecule has 0 aliphatic carbocycles. The van der Waals surface area contributed by atoms with Crippen LogP contribution < -0.4 is 4.74 Å². The number of ether oxygens (including phenoxy) is 1. The molecule has 1 atom stereocenters. The van der Waals surface area contributed by atoms with E-state index in [1.54, 1.807) is 6.07 Å². The van der Waals surface area contributed by atoms with Crippen LogP contribution in [0.2, 0.25) is 0 Å². The van der Waals surface area contributed by atoms with Gasteiger partial charge in [-0.25, -0.2) is 0 Å². The van der Waals surface area contributed by atoms with Crippen molar-refractivity contribution < 1.29 is 14.6 Å². The van der Waals surface area contributed by atoms with E-state index in [2.05, 4.69) is 38.1 Å². The van der Waals surface area contributed by atoms with E-state index in [1.807, 2.05) is 0 Å². The van der Waals surface area contributed by atoms with Gasteiger partial charge in [0.15, 0.2) is 0 Å². The predicted octanol–water partition coefficient (Wildman–Crippen LogP) is 4.69. The summed E-state index contributed by atoms with van der Waals surface area (Å²) in [6.45, 7) is 4.84. The van der Waals surface area contributed by atoms with E-state index in [1.165, 1.54) is 30.5 Å². The number of aromatic hydroxyl groups is 1. The number of benzene rings is 2. The standard InChI is InChI=1S/C19H22O3/c1-3-4-14(2)17-7-5-15(6-8-17)13-22-19-10-16(12-20)9-18(21)11-19/h5-12,14,21H,3-4,13H2,1-2H3. The van der Waals surface area contributed by atoms with Crippen LogP contribution >= 0.6 is 0 Å².